The van der Waals surface area contributed by atoms with Gasteiger partial charge in [0, 0.05) is 44.9 Å². The topological polar surface area (TPSA) is 130 Å². The molecular weight excluding hydrogens is 588 g/mol. The summed E-state index contributed by atoms with van der Waals surface area (Å²) in [7, 11) is -1.14. The van der Waals surface area contributed by atoms with Crippen LogP contribution in [0.25, 0.3) is 11.1 Å². The van der Waals surface area contributed by atoms with Crippen molar-refractivity contribution in [3.63, 3.8) is 0 Å². The van der Waals surface area contributed by atoms with Crippen LogP contribution in [0.5, 0.6) is 5.75 Å². The Morgan fingerprint density at radius 2 is 1.69 bits per heavy atom. The number of amides is 1. The molecule has 3 heterocycles. The second-order valence-corrected chi connectivity index (χ2v) is 14.6. The fourth-order valence-electron chi connectivity index (χ4n) is 6.63. The van der Waals surface area contributed by atoms with Gasteiger partial charge >= 0.3 is 0 Å². The monoisotopic (exact) mass is 628 g/mol. The summed E-state index contributed by atoms with van der Waals surface area (Å²) in [6.07, 6.45) is 9.65. The quantitative estimate of drug-likeness (QED) is 0.281. The second kappa shape index (κ2) is 13.4. The molecule has 6 rings (SSSR count). The van der Waals surface area contributed by atoms with Crippen molar-refractivity contribution in [2.75, 3.05) is 29.5 Å². The molecule has 0 spiro atoms. The SMILES string of the molecule is Cn1cc(-c2ccc(C(C(=O)NCc3ccccc3)C3CCC(Cc4ncc(O)c(N5CCS(=O)(=O)CC5)n4)CC3)cc2)cn1. The number of carbonyl (C=O) groups is 1. The van der Waals surface area contributed by atoms with Crippen molar-refractivity contribution in [3.05, 3.63) is 90.1 Å². The predicted molar refractivity (Wildman–Crippen MR) is 173 cm³/mol. The molecule has 10 nitrogen and oxygen atoms in total. The highest BCUT2D eigenvalue weighted by molar-refractivity contribution is 7.91. The van der Waals surface area contributed by atoms with E-state index in [1.807, 2.05) is 54.7 Å². The maximum atomic E-state index is 13.8. The van der Waals surface area contributed by atoms with E-state index < -0.39 is 9.84 Å². The number of sulfone groups is 1. The maximum Gasteiger partial charge on any atom is 0.228 e. The molecule has 1 unspecified atom stereocenters. The average molecular weight is 629 g/mol. The van der Waals surface area contributed by atoms with Gasteiger partial charge in [-0.3, -0.25) is 9.48 Å². The molecule has 2 aromatic heterocycles. The van der Waals surface area contributed by atoms with Crippen LogP contribution in [0.2, 0.25) is 0 Å². The van der Waals surface area contributed by atoms with Gasteiger partial charge in [-0.2, -0.15) is 5.10 Å². The number of anilines is 1. The van der Waals surface area contributed by atoms with Crippen molar-refractivity contribution in [1.82, 2.24) is 25.1 Å². The van der Waals surface area contributed by atoms with Crippen LogP contribution in [0.1, 0.15) is 48.6 Å². The van der Waals surface area contributed by atoms with Gasteiger partial charge in [-0.1, -0.05) is 54.6 Å². The van der Waals surface area contributed by atoms with Crippen molar-refractivity contribution < 1.29 is 18.3 Å². The third kappa shape index (κ3) is 7.53. The van der Waals surface area contributed by atoms with Crippen LogP contribution in [-0.2, 0) is 34.6 Å². The first-order valence-corrected chi connectivity index (χ1v) is 17.5. The van der Waals surface area contributed by atoms with Crippen LogP contribution in [0, 0.1) is 11.8 Å². The van der Waals surface area contributed by atoms with Crippen molar-refractivity contribution >= 4 is 21.6 Å². The van der Waals surface area contributed by atoms with Gasteiger partial charge in [-0.25, -0.2) is 18.4 Å². The Morgan fingerprint density at radius 3 is 2.36 bits per heavy atom. The molecule has 2 N–H and O–H groups in total. The molecule has 1 saturated heterocycles. The Hall–Kier alpha value is -4.25. The molecule has 2 fully saturated rings. The van der Waals surface area contributed by atoms with E-state index in [0.29, 0.717) is 43.6 Å². The van der Waals surface area contributed by atoms with Gasteiger partial charge in [-0.15, -0.1) is 0 Å². The first kappa shape index (κ1) is 30.8. The zero-order chi connectivity index (χ0) is 31.4. The van der Waals surface area contributed by atoms with Gasteiger partial charge in [0.15, 0.2) is 21.4 Å². The number of aryl methyl sites for hydroxylation is 1. The van der Waals surface area contributed by atoms with Crippen LogP contribution in [0.3, 0.4) is 0 Å². The molecule has 236 valence electrons. The Bertz CT molecular complexity index is 1700. The zero-order valence-electron chi connectivity index (χ0n) is 25.5. The van der Waals surface area contributed by atoms with Crippen molar-refractivity contribution in [2.24, 2.45) is 18.9 Å². The lowest BCUT2D eigenvalue weighted by Crippen LogP contribution is -2.40. The molecule has 11 heteroatoms. The van der Waals surface area contributed by atoms with Crippen LogP contribution < -0.4 is 10.2 Å². The number of aromatic nitrogens is 4. The molecule has 2 aromatic carbocycles. The van der Waals surface area contributed by atoms with Gasteiger partial charge in [-0.05, 0) is 54.2 Å². The highest BCUT2D eigenvalue weighted by atomic mass is 32.2. The van der Waals surface area contributed by atoms with E-state index in [9.17, 15) is 18.3 Å². The van der Waals surface area contributed by atoms with E-state index in [2.05, 4.69) is 44.6 Å². The summed E-state index contributed by atoms with van der Waals surface area (Å²) in [5, 5.41) is 17.9. The molecule has 1 amide bonds. The standard InChI is InChI=1S/C34H40N6O4S/c1-39-23-29(21-37-39)26-11-13-28(14-12-26)32(34(42)36-20-25-5-3-2-4-6-25)27-9-7-24(8-10-27)19-31-35-22-30(41)33(38-31)40-15-17-45(43,44)18-16-40/h2-6,11-14,21-24,27,32,41H,7-10,15-20H2,1H3,(H,36,42). The van der Waals surface area contributed by atoms with Crippen molar-refractivity contribution in [2.45, 2.75) is 44.6 Å². The number of nitrogens with one attached hydrogen (secondary N) is 1. The van der Waals surface area contributed by atoms with Crippen molar-refractivity contribution in [1.29, 1.82) is 0 Å². The number of hydrogen-bond donors (Lipinski definition) is 2. The first-order valence-electron chi connectivity index (χ1n) is 15.6. The second-order valence-electron chi connectivity index (χ2n) is 12.3. The van der Waals surface area contributed by atoms with E-state index in [4.69, 9.17) is 0 Å². The molecule has 1 saturated carbocycles. The first-order chi connectivity index (χ1) is 21.7. The molecule has 1 aliphatic heterocycles. The molecular formula is C34H40N6O4S. The highest BCUT2D eigenvalue weighted by Crippen LogP contribution is 2.40. The summed E-state index contributed by atoms with van der Waals surface area (Å²) >= 11 is 0. The number of aromatic hydroxyl groups is 1. The molecule has 2 aliphatic rings. The normalized spacial score (nSPS) is 20.4. The number of benzene rings is 2. The molecule has 0 radical (unpaired) electrons. The summed E-state index contributed by atoms with van der Waals surface area (Å²) in [5.74, 6) is 1.51. The number of carbonyl (C=O) groups excluding carboxylic acids is 1. The minimum Gasteiger partial charge on any atom is -0.503 e. The maximum absolute atomic E-state index is 13.8. The van der Waals surface area contributed by atoms with Crippen LogP contribution in [0.4, 0.5) is 5.82 Å². The highest BCUT2D eigenvalue weighted by Gasteiger charge is 2.34. The van der Waals surface area contributed by atoms with E-state index in [1.54, 1.807) is 4.68 Å². The minimum absolute atomic E-state index is 0.0272. The summed E-state index contributed by atoms with van der Waals surface area (Å²) in [6, 6.07) is 18.3. The summed E-state index contributed by atoms with van der Waals surface area (Å²) in [4.78, 5) is 24.7. The lowest BCUT2D eigenvalue weighted by Gasteiger charge is -2.33. The third-order valence-electron chi connectivity index (χ3n) is 9.18. The minimum atomic E-state index is -3.04. The summed E-state index contributed by atoms with van der Waals surface area (Å²) in [6.45, 7) is 1.12. The summed E-state index contributed by atoms with van der Waals surface area (Å²) in [5.41, 5.74) is 4.20. The molecule has 1 aliphatic carbocycles. The van der Waals surface area contributed by atoms with Crippen LogP contribution in [0.15, 0.2) is 73.2 Å². The zero-order valence-corrected chi connectivity index (χ0v) is 26.4. The third-order valence-corrected chi connectivity index (χ3v) is 10.8. The Balaban J connectivity index is 1.13. The molecule has 1 atom stereocenters. The Morgan fingerprint density at radius 1 is 0.978 bits per heavy atom. The van der Waals surface area contributed by atoms with Gasteiger partial charge < -0.3 is 15.3 Å². The summed E-state index contributed by atoms with van der Waals surface area (Å²) < 4.78 is 25.5. The average Bonchev–Trinajstić information content (AvgIpc) is 3.49. The van der Waals surface area contributed by atoms with Gasteiger partial charge in [0.1, 0.15) is 5.82 Å². The van der Waals surface area contributed by atoms with Gasteiger partial charge in [0.2, 0.25) is 5.91 Å². The fourth-order valence-corrected chi connectivity index (χ4v) is 7.83. The largest absolute Gasteiger partial charge is 0.503 e. The predicted octanol–water partition coefficient (Wildman–Crippen LogP) is 4.27. The number of nitrogens with zero attached hydrogens (tertiary/aromatic N) is 5. The fraction of sp³-hybridized carbons (Fsp3) is 0.412. The van der Waals surface area contributed by atoms with E-state index in [-0.39, 0.29) is 35.0 Å². The van der Waals surface area contributed by atoms with E-state index >= 15 is 0 Å². The lowest BCUT2D eigenvalue weighted by molar-refractivity contribution is -0.124. The van der Waals surface area contributed by atoms with Gasteiger partial charge in [0.25, 0.3) is 0 Å². The Labute approximate surface area is 264 Å². The smallest absolute Gasteiger partial charge is 0.228 e. The molecule has 0 bridgehead atoms. The van der Waals surface area contributed by atoms with E-state index in [1.165, 1.54) is 6.20 Å². The van der Waals surface area contributed by atoms with E-state index in [0.717, 1.165) is 47.9 Å². The van der Waals surface area contributed by atoms with Crippen molar-refractivity contribution in [3.8, 4) is 16.9 Å². The van der Waals surface area contributed by atoms with Crippen LogP contribution in [-0.4, -0.2) is 63.8 Å². The molecule has 45 heavy (non-hydrogen) atoms. The van der Waals surface area contributed by atoms with Gasteiger partial charge in [0.05, 0.1) is 29.8 Å². The number of hydrogen-bond acceptors (Lipinski definition) is 8. The lowest BCUT2D eigenvalue weighted by atomic mass is 9.72. The Kier molecular flexibility index (Phi) is 9.16. The number of rotatable bonds is 9. The molecule has 4 aromatic rings. The van der Waals surface area contributed by atoms with Crippen LogP contribution >= 0.6 is 0 Å².